The molecule has 58 heavy (non-hydrogen) atoms. The number of para-hydroxylation sites is 4. The third-order valence-corrected chi connectivity index (χ3v) is 11.5. The van der Waals surface area contributed by atoms with E-state index < -0.39 is 0 Å². The van der Waals surface area contributed by atoms with Crippen molar-refractivity contribution in [2.24, 2.45) is 7.05 Å². The normalized spacial score (nSPS) is 11.9. The summed E-state index contributed by atoms with van der Waals surface area (Å²) in [5, 5.41) is 7.12. The number of pyridine rings is 1. The Labute approximate surface area is 333 Å². The minimum absolute atomic E-state index is 0.732. The maximum Gasteiger partial charge on any atom is 0.268 e. The van der Waals surface area contributed by atoms with Crippen LogP contribution >= 0.6 is 0 Å². The fourth-order valence-electron chi connectivity index (χ4n) is 9.04. The minimum atomic E-state index is 0.732. The number of benzene rings is 7. The number of ether oxygens (including phenoxy) is 1. The van der Waals surface area contributed by atoms with Gasteiger partial charge in [-0.3, -0.25) is 13.7 Å². The second kappa shape index (κ2) is 12.6. The van der Waals surface area contributed by atoms with Crippen LogP contribution in [-0.2, 0) is 7.05 Å². The summed E-state index contributed by atoms with van der Waals surface area (Å²) in [7, 11) is 2.20. The molecule has 7 aromatic carbocycles. The van der Waals surface area contributed by atoms with Crippen LogP contribution in [-0.4, -0.2) is 23.3 Å². The van der Waals surface area contributed by atoms with Crippen molar-refractivity contribution in [3.05, 3.63) is 195 Å². The summed E-state index contributed by atoms with van der Waals surface area (Å²) < 4.78 is 17.9. The summed E-state index contributed by atoms with van der Waals surface area (Å²) in [6.07, 6.45) is 9.32. The van der Waals surface area contributed by atoms with E-state index in [2.05, 4.69) is 154 Å². The fraction of sp³-hybridized carbons (Fsp3) is 0.0196. The largest absolute Gasteiger partial charge is 0.458 e. The lowest BCUT2D eigenvalue weighted by Gasteiger charge is -2.12. The lowest BCUT2D eigenvalue weighted by Crippen LogP contribution is -2.28. The van der Waals surface area contributed by atoms with Crippen LogP contribution in [0.4, 0.5) is 0 Å². The summed E-state index contributed by atoms with van der Waals surface area (Å²) in [6, 6.07) is 59.2. The Morgan fingerprint density at radius 2 is 1.19 bits per heavy atom. The van der Waals surface area contributed by atoms with Gasteiger partial charge < -0.3 is 13.9 Å². The molecule has 7 nitrogen and oxygen atoms in total. The Morgan fingerprint density at radius 3 is 1.98 bits per heavy atom. The molecule has 0 saturated carbocycles. The van der Waals surface area contributed by atoms with Crippen LogP contribution in [0, 0.1) is 6.33 Å². The van der Waals surface area contributed by atoms with Gasteiger partial charge in [-0.2, -0.15) is 0 Å². The molecule has 7 heteroatoms. The molecule has 0 radical (unpaired) electrons. The highest BCUT2D eigenvalue weighted by Crippen LogP contribution is 2.49. The molecule has 0 unspecified atom stereocenters. The first-order valence-electron chi connectivity index (χ1n) is 19.4. The predicted octanol–water partition coefficient (Wildman–Crippen LogP) is 11.6. The van der Waals surface area contributed by atoms with E-state index in [4.69, 9.17) is 9.72 Å². The van der Waals surface area contributed by atoms with Crippen molar-refractivity contribution in [1.29, 1.82) is 0 Å². The van der Waals surface area contributed by atoms with Gasteiger partial charge in [0.05, 0.1) is 39.0 Å². The van der Waals surface area contributed by atoms with Crippen molar-refractivity contribution < 1.29 is 9.30 Å². The Kier molecular flexibility index (Phi) is 7.01. The zero-order chi connectivity index (χ0) is 38.3. The molecule has 0 saturated heterocycles. The summed E-state index contributed by atoms with van der Waals surface area (Å²) in [5.41, 5.74) is 9.94. The molecular formula is C51H34N6O. The molecule has 5 heterocycles. The number of fused-ring (bicyclic) bond motifs is 12. The van der Waals surface area contributed by atoms with Gasteiger partial charge in [-0.15, -0.1) is 0 Å². The van der Waals surface area contributed by atoms with Crippen LogP contribution in [0.1, 0.15) is 0 Å². The van der Waals surface area contributed by atoms with Gasteiger partial charge in [-0.25, -0.2) is 4.98 Å². The summed E-state index contributed by atoms with van der Waals surface area (Å²) >= 11 is 0. The van der Waals surface area contributed by atoms with E-state index in [9.17, 15) is 0 Å². The second-order valence-corrected chi connectivity index (χ2v) is 14.7. The van der Waals surface area contributed by atoms with E-state index in [1.165, 1.54) is 38.0 Å². The van der Waals surface area contributed by atoms with Gasteiger partial charge in [0.15, 0.2) is 0 Å². The molecule has 12 aromatic rings. The van der Waals surface area contributed by atoms with Gasteiger partial charge in [0, 0.05) is 75.2 Å². The minimum Gasteiger partial charge on any atom is -0.458 e. The van der Waals surface area contributed by atoms with Crippen LogP contribution in [0.2, 0.25) is 0 Å². The first-order chi connectivity index (χ1) is 28.7. The van der Waals surface area contributed by atoms with E-state index in [1.807, 2.05) is 70.2 Å². The van der Waals surface area contributed by atoms with Crippen LogP contribution < -0.4 is 9.30 Å². The average Bonchev–Trinajstić information content (AvgIpc) is 4.05. The molecule has 5 aromatic heterocycles. The second-order valence-electron chi connectivity index (χ2n) is 14.7. The molecule has 0 spiro atoms. The highest BCUT2D eigenvalue weighted by molar-refractivity contribution is 6.40. The summed E-state index contributed by atoms with van der Waals surface area (Å²) in [5.74, 6) is 2.31. The van der Waals surface area contributed by atoms with Crippen LogP contribution in [0.25, 0.3) is 88.3 Å². The lowest BCUT2D eigenvalue weighted by molar-refractivity contribution is -0.599. The van der Waals surface area contributed by atoms with Crippen LogP contribution in [0.3, 0.4) is 0 Å². The van der Waals surface area contributed by atoms with Gasteiger partial charge in [-0.1, -0.05) is 84.9 Å². The summed E-state index contributed by atoms with van der Waals surface area (Å²) in [4.78, 5) is 5.01. The van der Waals surface area contributed by atoms with Gasteiger partial charge in [-0.05, 0) is 78.9 Å². The van der Waals surface area contributed by atoms with Crippen molar-refractivity contribution >= 4 is 65.4 Å². The van der Waals surface area contributed by atoms with E-state index >= 15 is 0 Å². The highest BCUT2D eigenvalue weighted by Gasteiger charge is 2.28. The number of rotatable bonds is 6. The van der Waals surface area contributed by atoms with Crippen molar-refractivity contribution in [2.75, 3.05) is 0 Å². The van der Waals surface area contributed by atoms with E-state index in [1.54, 1.807) is 0 Å². The maximum absolute atomic E-state index is 6.73. The zero-order valence-electron chi connectivity index (χ0n) is 31.5. The summed E-state index contributed by atoms with van der Waals surface area (Å²) in [6.45, 7) is 0. The van der Waals surface area contributed by atoms with Crippen molar-refractivity contribution in [2.45, 2.75) is 0 Å². The molecule has 0 aliphatic carbocycles. The molecule has 0 atom stereocenters. The monoisotopic (exact) mass is 746 g/mol. The molecule has 0 aliphatic heterocycles. The molecule has 0 N–H and O–H groups in total. The molecule has 274 valence electrons. The molecule has 0 amide bonds. The highest BCUT2D eigenvalue weighted by atomic mass is 16.5. The van der Waals surface area contributed by atoms with Crippen molar-refractivity contribution in [3.8, 4) is 34.4 Å². The zero-order valence-corrected chi connectivity index (χ0v) is 31.5. The maximum atomic E-state index is 6.73. The quantitative estimate of drug-likeness (QED) is 0.126. The van der Waals surface area contributed by atoms with E-state index in [0.29, 0.717) is 0 Å². The third-order valence-electron chi connectivity index (χ3n) is 11.5. The number of nitrogens with zero attached hydrogens (tertiary/aromatic N) is 6. The van der Waals surface area contributed by atoms with Gasteiger partial charge >= 0.3 is 0 Å². The smallest absolute Gasteiger partial charge is 0.268 e. The number of aryl methyl sites for hydroxylation is 1. The molecule has 0 bridgehead atoms. The molecular weight excluding hydrogens is 713 g/mol. The van der Waals surface area contributed by atoms with E-state index in [0.717, 1.165) is 61.8 Å². The SMILES string of the molecule is Cn1c2ccccc2c2c3c4ccc(Oc5cccc(-[n+]6[c-]n(-c7ccccc7)cc6)c5)cc4n(-c4ccccn4)c3c3c4ccccc4n(-c4ccccc4)c3c21. The molecule has 0 fully saturated rings. The Balaban J connectivity index is 1.15. The van der Waals surface area contributed by atoms with Crippen LogP contribution in [0.15, 0.2) is 188 Å². The Hall–Kier alpha value is -7.90. The Bertz CT molecular complexity index is 3540. The van der Waals surface area contributed by atoms with Gasteiger partial charge in [0.2, 0.25) is 0 Å². The first kappa shape index (κ1) is 32.4. The molecule has 12 rings (SSSR count). The van der Waals surface area contributed by atoms with Crippen molar-refractivity contribution in [1.82, 2.24) is 23.3 Å². The first-order valence-corrected chi connectivity index (χ1v) is 19.4. The van der Waals surface area contributed by atoms with E-state index in [-0.39, 0.29) is 0 Å². The third kappa shape index (κ3) is 4.74. The topological polar surface area (TPSA) is 45.7 Å². The number of aromatic nitrogens is 6. The standard InChI is InChI=1S/C51H34N6O/c1-53-42-23-10-8-21-39(42)47-46-41-27-26-38(58-37-20-14-19-36(31-37)55-30-29-54(33-55)34-15-4-2-5-16-34)32-44(41)57(45-25-12-13-28-52-45)49(46)48-40-22-9-11-24-43(40)56(51(48)50(47)53)35-17-6-3-7-18-35/h2-32H,1H3. The fourth-order valence-corrected chi connectivity index (χ4v) is 9.04. The molecule has 0 aliphatic rings. The van der Waals surface area contributed by atoms with Crippen molar-refractivity contribution in [3.63, 3.8) is 0 Å². The number of imidazole rings is 1. The van der Waals surface area contributed by atoms with Crippen LogP contribution in [0.5, 0.6) is 11.5 Å². The number of hydrogen-bond acceptors (Lipinski definition) is 2. The number of hydrogen-bond donors (Lipinski definition) is 0. The van der Waals surface area contributed by atoms with Gasteiger partial charge in [0.25, 0.3) is 6.33 Å². The lowest BCUT2D eigenvalue weighted by atomic mass is 10.0. The predicted molar refractivity (Wildman–Crippen MR) is 233 cm³/mol. The van der Waals surface area contributed by atoms with Gasteiger partial charge in [0.1, 0.15) is 17.3 Å². The Morgan fingerprint density at radius 1 is 0.517 bits per heavy atom. The average molecular weight is 747 g/mol.